The molecule has 2 unspecified atom stereocenters. The largest absolute Gasteiger partial charge is 0.497 e. The normalized spacial score (nSPS) is 20.3. The highest BCUT2D eigenvalue weighted by atomic mass is 79.9. The maximum atomic E-state index is 12.0. The SMILES string of the molecule is COc1ccc(COc2cc(C3[CH]OCC(Br)C3)nc(S(C)(=O)=O)n2)cc1. The van der Waals surface area contributed by atoms with Gasteiger partial charge >= 0.3 is 0 Å². The zero-order chi connectivity index (χ0) is 19.4. The van der Waals surface area contributed by atoms with Crippen LogP contribution in [0.3, 0.4) is 0 Å². The number of benzene rings is 1. The zero-order valence-corrected chi connectivity index (χ0v) is 17.4. The van der Waals surface area contributed by atoms with Crippen LogP contribution in [0.15, 0.2) is 35.5 Å². The molecule has 2 aromatic rings. The second kappa shape index (κ2) is 8.53. The van der Waals surface area contributed by atoms with Crippen LogP contribution < -0.4 is 9.47 Å². The molecule has 1 aliphatic heterocycles. The Morgan fingerprint density at radius 1 is 1.26 bits per heavy atom. The molecule has 0 saturated carbocycles. The van der Waals surface area contributed by atoms with Gasteiger partial charge in [0.2, 0.25) is 20.9 Å². The van der Waals surface area contributed by atoms with Crippen molar-refractivity contribution in [3.63, 3.8) is 0 Å². The van der Waals surface area contributed by atoms with Gasteiger partial charge in [0.25, 0.3) is 0 Å². The summed E-state index contributed by atoms with van der Waals surface area (Å²) >= 11 is 3.53. The summed E-state index contributed by atoms with van der Waals surface area (Å²) in [7, 11) is -1.98. The van der Waals surface area contributed by atoms with Crippen LogP contribution in [0.4, 0.5) is 0 Å². The Kier molecular flexibility index (Phi) is 6.33. The number of nitrogens with zero attached hydrogens (tertiary/aromatic N) is 2. The molecule has 1 radical (unpaired) electrons. The summed E-state index contributed by atoms with van der Waals surface area (Å²) in [6.45, 7) is 2.50. The molecule has 0 N–H and O–H groups in total. The molecule has 145 valence electrons. The first-order valence-corrected chi connectivity index (χ1v) is 11.1. The van der Waals surface area contributed by atoms with Gasteiger partial charge in [-0.05, 0) is 24.1 Å². The quantitative estimate of drug-likeness (QED) is 0.488. The first-order valence-electron chi connectivity index (χ1n) is 8.29. The molecule has 1 aromatic heterocycles. The fourth-order valence-corrected chi connectivity index (χ4v) is 3.68. The minimum Gasteiger partial charge on any atom is -0.497 e. The molecular formula is C18H20BrN2O5S. The van der Waals surface area contributed by atoms with E-state index in [1.807, 2.05) is 24.3 Å². The van der Waals surface area contributed by atoms with Crippen molar-refractivity contribution in [3.05, 3.63) is 48.2 Å². The first kappa shape index (κ1) is 20.0. The van der Waals surface area contributed by atoms with E-state index in [-0.39, 0.29) is 28.4 Å². The van der Waals surface area contributed by atoms with Crippen molar-refractivity contribution in [1.82, 2.24) is 9.97 Å². The fraction of sp³-hybridized carbons (Fsp3) is 0.389. The van der Waals surface area contributed by atoms with Crippen LogP contribution in [0.25, 0.3) is 0 Å². The van der Waals surface area contributed by atoms with E-state index in [4.69, 9.17) is 14.2 Å². The number of methoxy groups -OCH3 is 1. The van der Waals surface area contributed by atoms with E-state index >= 15 is 0 Å². The third-order valence-electron chi connectivity index (χ3n) is 4.01. The minimum atomic E-state index is -3.58. The van der Waals surface area contributed by atoms with E-state index in [1.54, 1.807) is 19.8 Å². The van der Waals surface area contributed by atoms with Crippen LogP contribution in [0.5, 0.6) is 11.6 Å². The number of halogens is 1. The number of aromatic nitrogens is 2. The monoisotopic (exact) mass is 455 g/mol. The molecule has 7 nitrogen and oxygen atoms in total. The van der Waals surface area contributed by atoms with Gasteiger partial charge in [-0.15, -0.1) is 0 Å². The topological polar surface area (TPSA) is 87.6 Å². The Labute approximate surface area is 167 Å². The molecule has 1 aliphatic rings. The Morgan fingerprint density at radius 2 is 2.00 bits per heavy atom. The van der Waals surface area contributed by atoms with E-state index in [9.17, 15) is 8.42 Å². The molecule has 1 fully saturated rings. The Balaban J connectivity index is 1.83. The van der Waals surface area contributed by atoms with Crippen molar-refractivity contribution in [2.24, 2.45) is 0 Å². The van der Waals surface area contributed by atoms with Crippen molar-refractivity contribution >= 4 is 25.8 Å². The number of ether oxygens (including phenoxy) is 3. The summed E-state index contributed by atoms with van der Waals surface area (Å²) < 4.78 is 40.3. The highest BCUT2D eigenvalue weighted by molar-refractivity contribution is 9.09. The number of rotatable bonds is 6. The van der Waals surface area contributed by atoms with E-state index in [2.05, 4.69) is 25.9 Å². The fourth-order valence-electron chi connectivity index (χ4n) is 2.60. The van der Waals surface area contributed by atoms with Gasteiger partial charge in [-0.1, -0.05) is 28.1 Å². The average molecular weight is 456 g/mol. The maximum absolute atomic E-state index is 12.0. The second-order valence-corrected chi connectivity index (χ2v) is 9.44. The van der Waals surface area contributed by atoms with Crippen molar-refractivity contribution in [3.8, 4) is 11.6 Å². The highest BCUT2D eigenvalue weighted by Gasteiger charge is 2.26. The number of sulfone groups is 1. The molecule has 2 heterocycles. The summed E-state index contributed by atoms with van der Waals surface area (Å²) in [5, 5.41) is -0.255. The van der Waals surface area contributed by atoms with Crippen molar-refractivity contribution in [1.29, 1.82) is 0 Å². The molecule has 0 bridgehead atoms. The lowest BCUT2D eigenvalue weighted by atomic mass is 9.98. The molecular weight excluding hydrogens is 436 g/mol. The lowest BCUT2D eigenvalue weighted by molar-refractivity contribution is 0.146. The molecule has 2 atom stereocenters. The number of hydrogen-bond acceptors (Lipinski definition) is 7. The third-order valence-corrected chi connectivity index (χ3v) is 5.49. The van der Waals surface area contributed by atoms with Crippen LogP contribution in [0, 0.1) is 6.61 Å². The van der Waals surface area contributed by atoms with Gasteiger partial charge < -0.3 is 14.2 Å². The maximum Gasteiger partial charge on any atom is 0.250 e. The molecule has 1 saturated heterocycles. The molecule has 1 aromatic carbocycles. The Hall–Kier alpha value is -1.71. The predicted molar refractivity (Wildman–Crippen MR) is 103 cm³/mol. The van der Waals surface area contributed by atoms with Crippen molar-refractivity contribution < 1.29 is 22.6 Å². The lowest BCUT2D eigenvalue weighted by Gasteiger charge is -2.25. The Morgan fingerprint density at radius 3 is 2.63 bits per heavy atom. The van der Waals surface area contributed by atoms with Crippen molar-refractivity contribution in [2.45, 2.75) is 28.9 Å². The third kappa shape index (κ3) is 5.40. The standard InChI is InChI=1S/C18H20BrN2O5S/c1-24-15-5-3-12(4-6-15)9-26-17-8-16(13-7-14(19)11-25-10-13)20-18(21-17)27(2,22)23/h3-6,8,10,13-14H,7,9,11H2,1-2H3. The van der Waals surface area contributed by atoms with Crippen LogP contribution in [-0.4, -0.2) is 43.2 Å². The highest BCUT2D eigenvalue weighted by Crippen LogP contribution is 2.32. The summed E-state index contributed by atoms with van der Waals surface area (Å²) in [5.74, 6) is 0.816. The smallest absolute Gasteiger partial charge is 0.250 e. The number of hydrogen-bond donors (Lipinski definition) is 0. The molecule has 9 heteroatoms. The summed E-state index contributed by atoms with van der Waals surface area (Å²) in [4.78, 5) is 8.44. The van der Waals surface area contributed by atoms with Crippen LogP contribution in [-0.2, 0) is 21.2 Å². The molecule has 27 heavy (non-hydrogen) atoms. The molecule has 3 rings (SSSR count). The summed E-state index contributed by atoms with van der Waals surface area (Å²) in [5.41, 5.74) is 1.46. The van der Waals surface area contributed by atoms with E-state index < -0.39 is 9.84 Å². The molecule has 0 aliphatic carbocycles. The molecule has 0 amide bonds. The van der Waals surface area contributed by atoms with E-state index in [0.29, 0.717) is 12.3 Å². The average Bonchev–Trinajstić information content (AvgIpc) is 2.66. The first-order chi connectivity index (χ1) is 12.8. The van der Waals surface area contributed by atoms with Crippen molar-refractivity contribution in [2.75, 3.05) is 20.0 Å². The van der Waals surface area contributed by atoms with Gasteiger partial charge in [-0.2, -0.15) is 4.98 Å². The second-order valence-electron chi connectivity index (χ2n) is 6.23. The van der Waals surface area contributed by atoms with Gasteiger partial charge in [0.15, 0.2) is 0 Å². The Bertz CT molecular complexity index is 889. The van der Waals surface area contributed by atoms with E-state index in [1.165, 1.54) is 0 Å². The minimum absolute atomic E-state index is 0.144. The van der Waals surface area contributed by atoms with Crippen LogP contribution in [0.2, 0.25) is 0 Å². The van der Waals surface area contributed by atoms with Crippen LogP contribution >= 0.6 is 15.9 Å². The summed E-state index contributed by atoms with van der Waals surface area (Å²) in [6.07, 6.45) is 1.83. The summed E-state index contributed by atoms with van der Waals surface area (Å²) in [6, 6.07) is 9.06. The van der Waals surface area contributed by atoms with E-state index in [0.717, 1.165) is 24.0 Å². The molecule has 0 spiro atoms. The number of alkyl halides is 1. The van der Waals surface area contributed by atoms with Crippen LogP contribution in [0.1, 0.15) is 23.6 Å². The van der Waals surface area contributed by atoms with Gasteiger partial charge in [0.05, 0.1) is 26.0 Å². The predicted octanol–water partition coefficient (Wildman–Crippen LogP) is 2.90. The van der Waals surface area contributed by atoms with Gasteiger partial charge in [-0.25, -0.2) is 13.4 Å². The van der Waals surface area contributed by atoms with Gasteiger partial charge in [0.1, 0.15) is 12.4 Å². The lowest BCUT2D eigenvalue weighted by Crippen LogP contribution is -2.22. The van der Waals surface area contributed by atoms with Gasteiger partial charge in [-0.3, -0.25) is 0 Å². The van der Waals surface area contributed by atoms with Gasteiger partial charge in [0, 0.05) is 23.1 Å². The zero-order valence-electron chi connectivity index (χ0n) is 15.0.